The third kappa shape index (κ3) is 9.86. The second kappa shape index (κ2) is 17.7. The molecule has 1 aliphatic rings. The highest BCUT2D eigenvalue weighted by molar-refractivity contribution is 7.99. The second-order valence-corrected chi connectivity index (χ2v) is 13.2. The van der Waals surface area contributed by atoms with Crippen LogP contribution in [0, 0.1) is 0 Å². The molecule has 3 atom stereocenters. The van der Waals surface area contributed by atoms with Gasteiger partial charge in [0.25, 0.3) is 0 Å². The van der Waals surface area contributed by atoms with E-state index in [0.717, 1.165) is 16.7 Å². The highest BCUT2D eigenvalue weighted by atomic mass is 32.2. The Labute approximate surface area is 293 Å². The molecule has 2 unspecified atom stereocenters. The van der Waals surface area contributed by atoms with Crippen LogP contribution in [0.4, 0.5) is 22.0 Å². The van der Waals surface area contributed by atoms with E-state index in [1.54, 1.807) is 21.3 Å². The van der Waals surface area contributed by atoms with Gasteiger partial charge in [-0.2, -0.15) is 33.7 Å². The van der Waals surface area contributed by atoms with Crippen LogP contribution in [0.1, 0.15) is 42.4 Å². The first-order valence-electron chi connectivity index (χ1n) is 15.9. The van der Waals surface area contributed by atoms with Crippen LogP contribution in [0.25, 0.3) is 0 Å². The number of aliphatic hydroxyl groups excluding tert-OH is 1. The molecule has 4 rings (SSSR count). The molecule has 0 saturated carbocycles. The highest BCUT2D eigenvalue weighted by Crippen LogP contribution is 2.53. The number of ether oxygens (including phenoxy) is 7. The van der Waals surface area contributed by atoms with Gasteiger partial charge < -0.3 is 38.3 Å². The summed E-state index contributed by atoms with van der Waals surface area (Å²) >= 11 is 1.21. The molecule has 0 amide bonds. The first-order valence-corrected chi connectivity index (χ1v) is 17.1. The maximum atomic E-state index is 13.0. The molecule has 0 bridgehead atoms. The van der Waals surface area contributed by atoms with Crippen LogP contribution in [-0.4, -0.2) is 89.4 Å². The zero-order valence-corrected chi connectivity index (χ0v) is 29.2. The van der Waals surface area contributed by atoms with Crippen LogP contribution in [0.15, 0.2) is 60.7 Å². The molecule has 14 heteroatoms. The Morgan fingerprint density at radius 3 is 2.28 bits per heavy atom. The first kappa shape index (κ1) is 39.3. The van der Waals surface area contributed by atoms with Crippen LogP contribution in [0.5, 0.6) is 28.7 Å². The van der Waals surface area contributed by atoms with Crippen molar-refractivity contribution in [2.45, 2.75) is 49.3 Å². The molecular formula is C36H43F5O8S. The van der Waals surface area contributed by atoms with Crippen molar-refractivity contribution < 1.29 is 60.2 Å². The molecule has 3 aromatic rings. The minimum atomic E-state index is -5.53. The largest absolute Gasteiger partial charge is 0.497 e. The van der Waals surface area contributed by atoms with Crippen LogP contribution < -0.4 is 23.7 Å². The van der Waals surface area contributed by atoms with Crippen molar-refractivity contribution >= 4 is 11.8 Å². The van der Waals surface area contributed by atoms with E-state index in [-0.39, 0.29) is 44.7 Å². The third-order valence-electron chi connectivity index (χ3n) is 8.36. The van der Waals surface area contributed by atoms with Gasteiger partial charge in [-0.05, 0) is 42.0 Å². The number of fused-ring (bicyclic) bond motifs is 1. The fraction of sp³-hybridized carbons (Fsp3) is 0.500. The summed E-state index contributed by atoms with van der Waals surface area (Å²) in [7, 11) is 4.78. The molecular weight excluding hydrogens is 687 g/mol. The van der Waals surface area contributed by atoms with E-state index in [1.165, 1.54) is 11.8 Å². The van der Waals surface area contributed by atoms with Crippen LogP contribution >= 0.6 is 11.8 Å². The number of methoxy groups -OCH3 is 3. The Morgan fingerprint density at radius 2 is 1.60 bits per heavy atom. The van der Waals surface area contributed by atoms with Gasteiger partial charge in [0, 0.05) is 53.9 Å². The molecule has 8 nitrogen and oxygen atoms in total. The van der Waals surface area contributed by atoms with Crippen molar-refractivity contribution in [3.8, 4) is 28.7 Å². The first-order chi connectivity index (χ1) is 23.8. The fourth-order valence-corrected chi connectivity index (χ4v) is 6.56. The van der Waals surface area contributed by atoms with Crippen LogP contribution in [-0.2, 0) is 14.9 Å². The Kier molecular flexibility index (Phi) is 13.9. The molecule has 0 aliphatic carbocycles. The van der Waals surface area contributed by atoms with Crippen molar-refractivity contribution in [2.24, 2.45) is 0 Å². The van der Waals surface area contributed by atoms with Crippen molar-refractivity contribution in [3.63, 3.8) is 0 Å². The topological polar surface area (TPSA) is 84.8 Å². The van der Waals surface area contributed by atoms with E-state index in [1.807, 2.05) is 60.7 Å². The molecule has 3 aromatic carbocycles. The van der Waals surface area contributed by atoms with E-state index in [0.29, 0.717) is 41.1 Å². The second-order valence-electron chi connectivity index (χ2n) is 12.0. The van der Waals surface area contributed by atoms with Crippen molar-refractivity contribution in [3.05, 3.63) is 77.4 Å². The van der Waals surface area contributed by atoms with Gasteiger partial charge in [-0.15, -0.1) is 0 Å². The van der Waals surface area contributed by atoms with Gasteiger partial charge in [-0.1, -0.05) is 31.2 Å². The highest BCUT2D eigenvalue weighted by Gasteiger charge is 2.56. The lowest BCUT2D eigenvalue weighted by atomic mass is 9.65. The third-order valence-corrected chi connectivity index (χ3v) is 9.39. The van der Waals surface area contributed by atoms with Crippen molar-refractivity contribution in [2.75, 3.05) is 66.1 Å². The predicted octanol–water partition coefficient (Wildman–Crippen LogP) is 7.64. The summed E-state index contributed by atoms with van der Waals surface area (Å²) in [6.45, 7) is 2.72. The molecule has 1 heterocycles. The zero-order valence-electron chi connectivity index (χ0n) is 28.4. The Bertz CT molecular complexity index is 1510. The number of alkyl halides is 5. The average Bonchev–Trinajstić information content (AvgIpc) is 3.10. The van der Waals surface area contributed by atoms with Gasteiger partial charge in [0.05, 0.1) is 34.0 Å². The normalized spacial score (nSPS) is 18.2. The van der Waals surface area contributed by atoms with Gasteiger partial charge in [0.2, 0.25) is 0 Å². The number of hydrogen-bond acceptors (Lipinski definition) is 9. The van der Waals surface area contributed by atoms with Gasteiger partial charge in [-0.3, -0.25) is 0 Å². The quantitative estimate of drug-likeness (QED) is 0.0761. The number of rotatable bonds is 19. The molecule has 1 aliphatic heterocycles. The lowest BCUT2D eigenvalue weighted by molar-refractivity contribution is -0.284. The van der Waals surface area contributed by atoms with Crippen LogP contribution in [0.2, 0.25) is 0 Å². The Balaban J connectivity index is 1.38. The van der Waals surface area contributed by atoms with Crippen molar-refractivity contribution in [1.82, 2.24) is 0 Å². The molecule has 50 heavy (non-hydrogen) atoms. The maximum absolute atomic E-state index is 13.0. The summed E-state index contributed by atoms with van der Waals surface area (Å²) in [5.74, 6) is -1.12. The SMILES string of the molecule is COCOc1ccc2c(c1)OCC(C)(c1ccc(OC)cc1OC)C2c1ccc(OC[C@H](O)COCCSCCCC(F)(F)C(F)(F)F)cc1. The van der Waals surface area contributed by atoms with Gasteiger partial charge in [0.15, 0.2) is 6.79 Å². The summed E-state index contributed by atoms with van der Waals surface area (Å²) < 4.78 is 102. The Hall–Kier alpha value is -3.46. The molecule has 1 N–H and O–H groups in total. The number of benzene rings is 3. The molecule has 276 valence electrons. The standard InChI is InChI=1S/C36H43F5O8S/c1-34(30-13-11-27(44-3)18-32(30)45-4)22-48-31-19-28(49-23-43-2)10-12-29(31)33(34)24-6-8-26(9-7-24)47-21-25(42)20-46-15-17-50-16-5-14-35(37,38)36(39,40)41/h6-13,18-19,25,33,42H,5,14-17,20-23H2,1-4H3/t25-,33?,34?/m1/s1. The lowest BCUT2D eigenvalue weighted by Gasteiger charge is -2.43. The van der Waals surface area contributed by atoms with E-state index >= 15 is 0 Å². The Morgan fingerprint density at radius 1 is 0.880 bits per heavy atom. The molecule has 0 aromatic heterocycles. The van der Waals surface area contributed by atoms with Gasteiger partial charge >= 0.3 is 12.1 Å². The predicted molar refractivity (Wildman–Crippen MR) is 180 cm³/mol. The smallest absolute Gasteiger partial charge is 0.453 e. The number of aliphatic hydroxyl groups is 1. The zero-order chi connectivity index (χ0) is 36.4. The van der Waals surface area contributed by atoms with E-state index in [2.05, 4.69) is 6.92 Å². The molecule has 0 spiro atoms. The molecule has 0 saturated heterocycles. The number of halogens is 5. The fourth-order valence-electron chi connectivity index (χ4n) is 5.77. The molecule has 0 radical (unpaired) electrons. The monoisotopic (exact) mass is 730 g/mol. The minimum absolute atomic E-state index is 0.0260. The van der Waals surface area contributed by atoms with Gasteiger partial charge in [0.1, 0.15) is 41.5 Å². The lowest BCUT2D eigenvalue weighted by Crippen LogP contribution is -2.41. The average molecular weight is 731 g/mol. The summed E-state index contributed by atoms with van der Waals surface area (Å²) in [5, 5.41) is 10.3. The van der Waals surface area contributed by atoms with Crippen LogP contribution in [0.3, 0.4) is 0 Å². The summed E-state index contributed by atoms with van der Waals surface area (Å²) in [5.41, 5.74) is 2.33. The van der Waals surface area contributed by atoms with Crippen molar-refractivity contribution in [1.29, 1.82) is 0 Å². The number of hydrogen-bond donors (Lipinski definition) is 1. The maximum Gasteiger partial charge on any atom is 0.453 e. The summed E-state index contributed by atoms with van der Waals surface area (Å²) in [6.07, 6.45) is -7.98. The van der Waals surface area contributed by atoms with Gasteiger partial charge in [-0.25, -0.2) is 0 Å². The van der Waals surface area contributed by atoms with E-state index in [9.17, 15) is 27.1 Å². The summed E-state index contributed by atoms with van der Waals surface area (Å²) in [6, 6.07) is 19.1. The molecule has 0 fully saturated rings. The van der Waals surface area contributed by atoms with E-state index in [4.69, 9.17) is 33.2 Å². The minimum Gasteiger partial charge on any atom is -0.497 e. The van der Waals surface area contributed by atoms with E-state index < -0.39 is 30.0 Å². The summed E-state index contributed by atoms with van der Waals surface area (Å²) in [4.78, 5) is 0. The number of thioether (sulfide) groups is 1.